The third-order valence-corrected chi connectivity index (χ3v) is 6.95. The molecule has 2 heterocycles. The SMILES string of the molecule is Cc1ccccc1C(=O)Nc1nc(NC(=O)c2cccc(CN3CCN(C)CC3)c2)nn1-c1ccc(OC(F)(F)F)cc1. The van der Waals surface area contributed by atoms with Crippen LogP contribution in [0.5, 0.6) is 5.75 Å². The molecule has 0 unspecified atom stereocenters. The minimum atomic E-state index is -4.85. The number of ether oxygens (including phenoxy) is 1. The van der Waals surface area contributed by atoms with E-state index < -0.39 is 23.9 Å². The quantitative estimate of drug-likeness (QED) is 0.305. The highest BCUT2D eigenvalue weighted by molar-refractivity contribution is 6.05. The number of hydrogen-bond acceptors (Lipinski definition) is 7. The van der Waals surface area contributed by atoms with Crippen LogP contribution in [-0.2, 0) is 6.54 Å². The van der Waals surface area contributed by atoms with Crippen molar-refractivity contribution >= 4 is 23.7 Å². The van der Waals surface area contributed by atoms with E-state index >= 15 is 0 Å². The van der Waals surface area contributed by atoms with Crippen molar-refractivity contribution in [1.82, 2.24) is 24.6 Å². The molecule has 0 bridgehead atoms. The van der Waals surface area contributed by atoms with Crippen LogP contribution in [-0.4, -0.2) is 76.0 Å². The normalized spacial score (nSPS) is 14.3. The lowest BCUT2D eigenvalue weighted by Gasteiger charge is -2.32. The van der Waals surface area contributed by atoms with Crippen LogP contribution in [0, 0.1) is 6.92 Å². The van der Waals surface area contributed by atoms with E-state index in [2.05, 4.69) is 42.3 Å². The zero-order valence-corrected chi connectivity index (χ0v) is 23.6. The predicted octanol–water partition coefficient (Wildman–Crippen LogP) is 4.73. The smallest absolute Gasteiger partial charge is 0.406 e. The Morgan fingerprint density at radius 1 is 0.907 bits per heavy atom. The molecular formula is C30H30F3N7O3. The van der Waals surface area contributed by atoms with E-state index in [1.54, 1.807) is 37.3 Å². The summed E-state index contributed by atoms with van der Waals surface area (Å²) in [6.07, 6.45) is -4.85. The number of piperazine rings is 1. The number of rotatable bonds is 8. The van der Waals surface area contributed by atoms with Crippen molar-refractivity contribution in [2.75, 3.05) is 43.9 Å². The second kappa shape index (κ2) is 12.6. The topological polar surface area (TPSA) is 105 Å². The summed E-state index contributed by atoms with van der Waals surface area (Å²) in [7, 11) is 2.09. The Balaban J connectivity index is 1.38. The number of likely N-dealkylation sites (N-methyl/N-ethyl adjacent to an activating group) is 1. The van der Waals surface area contributed by atoms with Gasteiger partial charge >= 0.3 is 6.36 Å². The van der Waals surface area contributed by atoms with Gasteiger partial charge in [0.05, 0.1) is 5.69 Å². The Morgan fingerprint density at radius 3 is 2.33 bits per heavy atom. The maximum atomic E-state index is 13.2. The van der Waals surface area contributed by atoms with Crippen LogP contribution in [0.3, 0.4) is 0 Å². The summed E-state index contributed by atoms with van der Waals surface area (Å²) in [5, 5.41) is 9.68. The lowest BCUT2D eigenvalue weighted by atomic mass is 10.1. The summed E-state index contributed by atoms with van der Waals surface area (Å²) in [6.45, 7) is 6.33. The van der Waals surface area contributed by atoms with Gasteiger partial charge in [-0.15, -0.1) is 18.3 Å². The number of carbonyl (C=O) groups is 2. The van der Waals surface area contributed by atoms with E-state index in [0.29, 0.717) is 17.7 Å². The Hall–Kier alpha value is -4.75. The molecule has 1 aliphatic rings. The first-order valence-corrected chi connectivity index (χ1v) is 13.6. The Kier molecular flexibility index (Phi) is 8.73. The standard InChI is InChI=1S/C30H30F3N7O3/c1-20-6-3-4-9-25(20)27(42)35-29-36-28(37-40(29)23-10-12-24(13-11-23)43-30(31,32)33)34-26(41)22-8-5-7-21(18-22)19-39-16-14-38(2)15-17-39/h3-13,18H,14-17,19H2,1-2H3,(H2,34,35,36,37,41,42). The maximum Gasteiger partial charge on any atom is 0.573 e. The minimum absolute atomic E-state index is 0.0446. The molecule has 3 aromatic carbocycles. The number of halogens is 3. The zero-order valence-electron chi connectivity index (χ0n) is 23.6. The highest BCUT2D eigenvalue weighted by Gasteiger charge is 2.31. The van der Waals surface area contributed by atoms with Gasteiger partial charge in [0.2, 0.25) is 5.95 Å². The van der Waals surface area contributed by atoms with Gasteiger partial charge in [0.15, 0.2) is 0 Å². The van der Waals surface area contributed by atoms with Gasteiger partial charge < -0.3 is 9.64 Å². The number of aromatic nitrogens is 3. The molecule has 0 spiro atoms. The van der Waals surface area contributed by atoms with Crippen molar-refractivity contribution in [3.05, 3.63) is 95.1 Å². The second-order valence-electron chi connectivity index (χ2n) is 10.2. The molecule has 4 aromatic rings. The average Bonchev–Trinajstić information content (AvgIpc) is 3.35. The van der Waals surface area contributed by atoms with Crippen molar-refractivity contribution < 1.29 is 27.5 Å². The monoisotopic (exact) mass is 593 g/mol. The highest BCUT2D eigenvalue weighted by Crippen LogP contribution is 2.25. The van der Waals surface area contributed by atoms with Crippen molar-refractivity contribution in [3.8, 4) is 11.4 Å². The summed E-state index contributed by atoms with van der Waals surface area (Å²) >= 11 is 0. The first-order valence-electron chi connectivity index (χ1n) is 13.6. The van der Waals surface area contributed by atoms with E-state index in [9.17, 15) is 22.8 Å². The lowest BCUT2D eigenvalue weighted by molar-refractivity contribution is -0.274. The number of anilines is 2. The molecule has 1 aliphatic heterocycles. The fraction of sp³-hybridized carbons (Fsp3) is 0.267. The van der Waals surface area contributed by atoms with Crippen molar-refractivity contribution in [2.45, 2.75) is 19.8 Å². The second-order valence-corrected chi connectivity index (χ2v) is 10.2. The molecule has 1 saturated heterocycles. The number of carbonyl (C=O) groups excluding carboxylic acids is 2. The molecule has 13 heteroatoms. The van der Waals surface area contributed by atoms with Crippen molar-refractivity contribution in [2.24, 2.45) is 0 Å². The van der Waals surface area contributed by atoms with Gasteiger partial charge in [-0.2, -0.15) is 9.67 Å². The molecule has 0 atom stereocenters. The molecule has 1 aromatic heterocycles. The van der Waals surface area contributed by atoms with E-state index in [1.807, 2.05) is 18.2 Å². The number of alkyl halides is 3. The summed E-state index contributed by atoms with van der Waals surface area (Å²) in [5.74, 6) is -1.50. The van der Waals surface area contributed by atoms with Gasteiger partial charge in [0.25, 0.3) is 17.8 Å². The van der Waals surface area contributed by atoms with Crippen molar-refractivity contribution in [3.63, 3.8) is 0 Å². The van der Waals surface area contributed by atoms with Crippen LogP contribution in [0.25, 0.3) is 5.69 Å². The molecule has 43 heavy (non-hydrogen) atoms. The molecule has 0 aliphatic carbocycles. The first kappa shape index (κ1) is 29.7. The molecule has 10 nitrogen and oxygen atoms in total. The molecule has 1 fully saturated rings. The fourth-order valence-electron chi connectivity index (χ4n) is 4.66. The molecule has 0 saturated carbocycles. The van der Waals surface area contributed by atoms with Gasteiger partial charge in [0.1, 0.15) is 5.75 Å². The lowest BCUT2D eigenvalue weighted by Crippen LogP contribution is -2.43. The predicted molar refractivity (Wildman–Crippen MR) is 154 cm³/mol. The van der Waals surface area contributed by atoms with Gasteiger partial charge in [0, 0.05) is 43.9 Å². The van der Waals surface area contributed by atoms with E-state index in [4.69, 9.17) is 0 Å². The molecule has 224 valence electrons. The van der Waals surface area contributed by atoms with Crippen LogP contribution >= 0.6 is 0 Å². The Morgan fingerprint density at radius 2 is 1.63 bits per heavy atom. The fourth-order valence-corrected chi connectivity index (χ4v) is 4.66. The van der Waals surface area contributed by atoms with Gasteiger partial charge in [-0.1, -0.05) is 30.3 Å². The van der Waals surface area contributed by atoms with E-state index in [1.165, 1.54) is 16.8 Å². The van der Waals surface area contributed by atoms with Gasteiger partial charge in [-0.3, -0.25) is 25.1 Å². The van der Waals surface area contributed by atoms with Crippen LogP contribution in [0.2, 0.25) is 0 Å². The molecule has 2 N–H and O–H groups in total. The molecule has 0 radical (unpaired) electrons. The van der Waals surface area contributed by atoms with E-state index in [0.717, 1.165) is 49.4 Å². The van der Waals surface area contributed by atoms with Crippen molar-refractivity contribution in [1.29, 1.82) is 0 Å². The third-order valence-electron chi connectivity index (χ3n) is 6.95. The number of nitrogens with zero attached hydrogens (tertiary/aromatic N) is 5. The van der Waals surface area contributed by atoms with Crippen LogP contribution in [0.4, 0.5) is 25.1 Å². The number of nitrogens with one attached hydrogen (secondary N) is 2. The molecular weight excluding hydrogens is 563 g/mol. The number of aryl methyl sites for hydroxylation is 1. The number of amides is 2. The minimum Gasteiger partial charge on any atom is -0.406 e. The van der Waals surface area contributed by atoms with Gasteiger partial charge in [-0.05, 0) is 67.6 Å². The summed E-state index contributed by atoms with van der Waals surface area (Å²) < 4.78 is 43.1. The molecule has 5 rings (SSSR count). The van der Waals surface area contributed by atoms with Crippen LogP contribution in [0.15, 0.2) is 72.8 Å². The Labute approximate surface area is 246 Å². The number of benzene rings is 3. The molecule has 2 amide bonds. The summed E-state index contributed by atoms with van der Waals surface area (Å²) in [5.41, 5.74) is 2.79. The summed E-state index contributed by atoms with van der Waals surface area (Å²) in [6, 6.07) is 19.1. The zero-order chi connectivity index (χ0) is 30.6. The third kappa shape index (κ3) is 7.76. The van der Waals surface area contributed by atoms with Gasteiger partial charge in [-0.25, -0.2) is 0 Å². The first-order chi connectivity index (χ1) is 20.5. The van der Waals surface area contributed by atoms with Crippen LogP contribution < -0.4 is 15.4 Å². The van der Waals surface area contributed by atoms with E-state index in [-0.39, 0.29) is 17.6 Å². The number of hydrogen-bond donors (Lipinski definition) is 2. The largest absolute Gasteiger partial charge is 0.573 e. The highest BCUT2D eigenvalue weighted by atomic mass is 19.4. The average molecular weight is 594 g/mol. The maximum absolute atomic E-state index is 13.2. The summed E-state index contributed by atoms with van der Waals surface area (Å²) in [4.78, 5) is 35.2. The van der Waals surface area contributed by atoms with Crippen LogP contribution in [0.1, 0.15) is 31.8 Å². The Bertz CT molecular complexity index is 1600.